The lowest BCUT2D eigenvalue weighted by molar-refractivity contribution is -0.0869. The maximum atomic E-state index is 10.0. The Bertz CT molecular complexity index is 2830. The molecular formula is C61H75N7O12S. The van der Waals surface area contributed by atoms with E-state index < -0.39 is 0 Å². The molecule has 19 nitrogen and oxygen atoms in total. The number of fused-ring (bicyclic) bond motifs is 6. The molecule has 0 aliphatic carbocycles. The highest BCUT2D eigenvalue weighted by atomic mass is 32.2. The van der Waals surface area contributed by atoms with Crippen LogP contribution in [-0.2, 0) is 54.0 Å². The van der Waals surface area contributed by atoms with Crippen molar-refractivity contribution in [1.82, 2.24) is 4.73 Å². The van der Waals surface area contributed by atoms with E-state index in [0.29, 0.717) is 138 Å². The molecule has 81 heavy (non-hydrogen) atoms. The van der Waals surface area contributed by atoms with Gasteiger partial charge in [0.15, 0.2) is 0 Å². The monoisotopic (exact) mass is 1130 g/mol. The average molecular weight is 1130 g/mol. The molecule has 1 aromatic heterocycles. The van der Waals surface area contributed by atoms with E-state index >= 15 is 0 Å². The Kier molecular flexibility index (Phi) is 27.3. The average Bonchev–Trinajstić information content (AvgIpc) is 4.15. The number of aromatic nitrogens is 1. The molecule has 0 amide bonds. The second kappa shape index (κ2) is 35.8. The predicted molar refractivity (Wildman–Crippen MR) is 312 cm³/mol. The van der Waals surface area contributed by atoms with Crippen LogP contribution in [-0.4, -0.2) is 154 Å². The largest absolute Gasteiger partial charge is 0.491 e. The van der Waals surface area contributed by atoms with Crippen LogP contribution in [0.5, 0.6) is 5.75 Å². The molecule has 3 heterocycles. The fraction of sp³-hybridized carbons (Fsp3) is 0.410. The van der Waals surface area contributed by atoms with Crippen LogP contribution >= 0.6 is 11.8 Å². The van der Waals surface area contributed by atoms with Crippen molar-refractivity contribution < 1.29 is 57.4 Å². The summed E-state index contributed by atoms with van der Waals surface area (Å²) in [6.45, 7) is 16.9. The maximum absolute atomic E-state index is 10.0. The number of hydrogen-bond donors (Lipinski definition) is 1. The third kappa shape index (κ3) is 20.0. The van der Waals surface area contributed by atoms with Gasteiger partial charge in [-0.15, -0.1) is 13.2 Å². The van der Waals surface area contributed by atoms with E-state index in [4.69, 9.17) is 67.8 Å². The molecule has 0 fully saturated rings. The lowest BCUT2D eigenvalue weighted by atomic mass is 9.87. The van der Waals surface area contributed by atoms with Crippen LogP contribution in [0.4, 0.5) is 11.4 Å². The normalized spacial score (nSPS) is 14.9. The number of benzene rings is 5. The lowest BCUT2D eigenvalue weighted by Crippen LogP contribution is -2.33. The minimum absolute atomic E-state index is 0.126. The van der Waals surface area contributed by atoms with E-state index in [9.17, 15) is 5.21 Å². The third-order valence-corrected chi connectivity index (χ3v) is 13.4. The Morgan fingerprint density at radius 2 is 1.25 bits per heavy atom. The summed E-state index contributed by atoms with van der Waals surface area (Å²) in [5.74, 6) is 0.823. The Morgan fingerprint density at radius 1 is 0.667 bits per heavy atom. The van der Waals surface area contributed by atoms with Gasteiger partial charge in [0.1, 0.15) is 42.6 Å². The number of aryl methyl sites for hydroxylation is 1. The molecule has 8 rings (SSSR count). The Morgan fingerprint density at radius 3 is 1.94 bits per heavy atom. The van der Waals surface area contributed by atoms with Gasteiger partial charge >= 0.3 is 0 Å². The minimum Gasteiger partial charge on any atom is -0.491 e. The molecule has 20 heteroatoms. The number of nitrogens with zero attached hydrogens (tertiary/aromatic N) is 7. The molecular weight excluding hydrogens is 1050 g/mol. The first-order valence-corrected chi connectivity index (χ1v) is 28.0. The number of hydrogen-bond acceptors (Lipinski definition) is 19. The highest BCUT2D eigenvalue weighted by Gasteiger charge is 2.40. The first kappa shape index (κ1) is 61.7. The second-order valence-corrected chi connectivity index (χ2v) is 19.2. The summed E-state index contributed by atoms with van der Waals surface area (Å²) in [7, 11) is 0. The summed E-state index contributed by atoms with van der Waals surface area (Å²) >= 11 is 1.14. The van der Waals surface area contributed by atoms with Gasteiger partial charge in [0.25, 0.3) is 0 Å². The highest BCUT2D eigenvalue weighted by Crippen LogP contribution is 2.49. The first-order chi connectivity index (χ1) is 40.1. The third-order valence-electron chi connectivity index (χ3n) is 12.8. The molecule has 6 aromatic rings. The molecule has 0 radical (unpaired) electrons. The standard InChI is InChI=1S/C59H71N7O12S.C2H4/c1-46-14-18-50(19-15-46)76-37-34-72-28-26-69-30-32-74-43-51(44-75-33-31-70-27-29-73-36-39-78-61-40-48-42-65(67)57-13-7-4-9-53(48)57)77-38-35-71-25-24-68-23-22-64-41-47-8-2-3-10-54(47)59-58(55-11-5-6-12-56(55)64)62-63-66(59)49-16-20-52(21-17-49)79-45-60;1-2/h2-21,40,42,51,58-59,67H,22-39,41,43-44H2,1H3;1-2H2/b61-40+;. The maximum Gasteiger partial charge on any atom is 0.140 e. The smallest absolute Gasteiger partial charge is 0.140 e. The van der Waals surface area contributed by atoms with Crippen molar-refractivity contribution in [2.24, 2.45) is 15.5 Å². The van der Waals surface area contributed by atoms with E-state index in [-0.39, 0.29) is 24.8 Å². The van der Waals surface area contributed by atoms with Crippen LogP contribution in [0, 0.1) is 17.6 Å². The summed E-state index contributed by atoms with van der Waals surface area (Å²) in [6, 6.07) is 39.9. The molecule has 2 aliphatic heterocycles. The number of rotatable bonds is 37. The summed E-state index contributed by atoms with van der Waals surface area (Å²) < 4.78 is 59.5. The van der Waals surface area contributed by atoms with Crippen molar-refractivity contribution in [3.63, 3.8) is 0 Å². The van der Waals surface area contributed by atoms with Crippen molar-refractivity contribution >= 4 is 40.3 Å². The highest BCUT2D eigenvalue weighted by molar-refractivity contribution is 8.03. The van der Waals surface area contributed by atoms with Gasteiger partial charge in [0.2, 0.25) is 0 Å². The zero-order chi connectivity index (χ0) is 56.5. The van der Waals surface area contributed by atoms with Crippen LogP contribution in [0.2, 0.25) is 0 Å². The van der Waals surface area contributed by atoms with Crippen LogP contribution < -0.4 is 14.6 Å². The van der Waals surface area contributed by atoms with Gasteiger partial charge in [-0.1, -0.05) is 88.7 Å². The van der Waals surface area contributed by atoms with Crippen LogP contribution in [0.1, 0.15) is 39.9 Å². The molecule has 0 saturated heterocycles. The van der Waals surface area contributed by atoms with Crippen molar-refractivity contribution in [3.8, 4) is 11.2 Å². The van der Waals surface area contributed by atoms with Gasteiger partial charge in [-0.3, -0.25) is 0 Å². The fourth-order valence-electron chi connectivity index (χ4n) is 8.92. The molecule has 3 atom stereocenters. The van der Waals surface area contributed by atoms with Crippen molar-refractivity contribution in [2.75, 3.05) is 142 Å². The van der Waals surface area contributed by atoms with Gasteiger partial charge < -0.3 is 62.3 Å². The number of nitriles is 1. The first-order valence-electron chi connectivity index (χ1n) is 27.2. The number of thiocyanates is 1. The number of anilines is 2. The van der Waals surface area contributed by atoms with Crippen LogP contribution in [0.3, 0.4) is 0 Å². The van der Waals surface area contributed by atoms with Gasteiger partial charge in [0.05, 0.1) is 136 Å². The second-order valence-electron chi connectivity index (χ2n) is 18.3. The zero-order valence-corrected chi connectivity index (χ0v) is 47.0. The molecule has 1 N–H and O–H groups in total. The summed E-state index contributed by atoms with van der Waals surface area (Å²) in [5, 5.41) is 37.8. The SMILES string of the molecule is C=C.Cc1ccc(OCCOCCOCCOCC(COCCOCCOCCO/N=C/c2cn(O)c3ccccc23)OCCOCCOCCN2Cc3ccccc3C3C(N=NN3c3ccc(SC#N)cc3)c3ccccc32)cc1. The zero-order valence-electron chi connectivity index (χ0n) is 46.2. The van der Waals surface area contributed by atoms with Crippen molar-refractivity contribution in [1.29, 1.82) is 5.26 Å². The van der Waals surface area contributed by atoms with Crippen molar-refractivity contribution in [2.45, 2.75) is 36.6 Å². The van der Waals surface area contributed by atoms with Crippen LogP contribution in [0.15, 0.2) is 161 Å². The van der Waals surface area contributed by atoms with Gasteiger partial charge in [-0.25, -0.2) is 5.01 Å². The quantitative estimate of drug-likeness (QED) is 0.00736. The van der Waals surface area contributed by atoms with Crippen molar-refractivity contribution in [3.05, 3.63) is 168 Å². The van der Waals surface area contributed by atoms with Crippen LogP contribution in [0.25, 0.3) is 10.9 Å². The predicted octanol–water partition coefficient (Wildman–Crippen LogP) is 10.2. The Hall–Kier alpha value is -6.87. The lowest BCUT2D eigenvalue weighted by Gasteiger charge is -2.35. The molecule has 5 aromatic carbocycles. The fourth-order valence-corrected chi connectivity index (χ4v) is 9.30. The van der Waals surface area contributed by atoms with E-state index in [1.165, 1.54) is 16.7 Å². The van der Waals surface area contributed by atoms with Gasteiger partial charge in [-0.2, -0.15) is 15.1 Å². The molecule has 2 aliphatic rings. The Labute approximate surface area is 479 Å². The topological polar surface area (TPSA) is 194 Å². The number of ether oxygens (including phenoxy) is 10. The van der Waals surface area contributed by atoms with Gasteiger partial charge in [-0.05, 0) is 78.3 Å². The number of thioether (sulfide) groups is 1. The number of para-hydroxylation sites is 2. The minimum atomic E-state index is -0.333. The molecule has 3 unspecified atom stereocenters. The Balaban J connectivity index is 0.00000468. The van der Waals surface area contributed by atoms with E-state index in [1.807, 2.05) is 84.7 Å². The molecule has 432 valence electrons. The molecule has 0 bridgehead atoms. The molecule has 0 spiro atoms. The number of oxime groups is 1. The van der Waals surface area contributed by atoms with Gasteiger partial charge in [0, 0.05) is 40.2 Å². The van der Waals surface area contributed by atoms with E-state index in [2.05, 4.69) is 77.1 Å². The molecule has 0 saturated carbocycles. The summed E-state index contributed by atoms with van der Waals surface area (Å²) in [4.78, 5) is 8.57. The summed E-state index contributed by atoms with van der Waals surface area (Å²) in [6.07, 6.45) is 2.82. The van der Waals surface area contributed by atoms with E-state index in [1.54, 1.807) is 12.4 Å². The summed E-state index contributed by atoms with van der Waals surface area (Å²) in [5.41, 5.74) is 8.14. The van der Waals surface area contributed by atoms with E-state index in [0.717, 1.165) is 55.0 Å².